The van der Waals surface area contributed by atoms with E-state index in [2.05, 4.69) is 31.2 Å². The number of rotatable bonds is 3. The Morgan fingerprint density at radius 1 is 1.08 bits per heavy atom. The average molecular weight is 415 g/mol. The third kappa shape index (κ3) is 3.15. The first-order valence-corrected chi connectivity index (χ1v) is 8.88. The van der Waals surface area contributed by atoms with E-state index in [-0.39, 0.29) is 23.9 Å². The van der Waals surface area contributed by atoms with Gasteiger partial charge in [0.1, 0.15) is 0 Å². The first-order chi connectivity index (χ1) is 12.5. The van der Waals surface area contributed by atoms with Crippen LogP contribution in [0.1, 0.15) is 6.42 Å². The number of carbonyl (C=O) groups excluding carboxylic acids is 2. The maximum atomic E-state index is 12.6. The van der Waals surface area contributed by atoms with Crippen LogP contribution in [0.3, 0.4) is 0 Å². The Morgan fingerprint density at radius 3 is 2.58 bits per heavy atom. The minimum absolute atomic E-state index is 0.0714. The molecule has 0 bridgehead atoms. The topological polar surface area (TPSA) is 98.1 Å². The van der Waals surface area contributed by atoms with Crippen molar-refractivity contribution in [3.05, 3.63) is 57.4 Å². The number of benzene rings is 2. The Balaban J connectivity index is 1.48. The largest absolute Gasteiger partial charge is 0.326 e. The van der Waals surface area contributed by atoms with Gasteiger partial charge in [0.05, 0.1) is 17.0 Å². The molecule has 132 valence electrons. The Bertz CT molecular complexity index is 1050. The SMILES string of the molecule is O=C(Nc1ccc2[nH]c(=O)[nH]c2c1)C1CC(=O)N(c2ccc(Br)cc2)C1. The van der Waals surface area contributed by atoms with E-state index in [9.17, 15) is 14.4 Å². The minimum Gasteiger partial charge on any atom is -0.326 e. The van der Waals surface area contributed by atoms with Gasteiger partial charge in [0.25, 0.3) is 0 Å². The fourth-order valence-corrected chi connectivity index (χ4v) is 3.37. The van der Waals surface area contributed by atoms with Crippen molar-refractivity contribution in [2.24, 2.45) is 5.92 Å². The lowest BCUT2D eigenvalue weighted by Gasteiger charge is -2.16. The molecule has 8 heteroatoms. The van der Waals surface area contributed by atoms with Gasteiger partial charge in [-0.15, -0.1) is 0 Å². The molecule has 1 aromatic heterocycles. The highest BCUT2D eigenvalue weighted by atomic mass is 79.9. The number of fused-ring (bicyclic) bond motifs is 1. The van der Waals surface area contributed by atoms with Crippen molar-refractivity contribution in [1.29, 1.82) is 0 Å². The first-order valence-electron chi connectivity index (χ1n) is 8.08. The lowest BCUT2D eigenvalue weighted by atomic mass is 10.1. The quantitative estimate of drug-likeness (QED) is 0.614. The fourth-order valence-electron chi connectivity index (χ4n) is 3.11. The van der Waals surface area contributed by atoms with Crippen molar-refractivity contribution in [2.45, 2.75) is 6.42 Å². The number of hydrogen-bond acceptors (Lipinski definition) is 3. The predicted octanol–water partition coefficient (Wildman–Crippen LogP) is 2.61. The second-order valence-electron chi connectivity index (χ2n) is 6.21. The second kappa shape index (κ2) is 6.45. The number of carbonyl (C=O) groups is 2. The molecule has 4 rings (SSSR count). The standard InChI is InChI=1S/C18H15BrN4O3/c19-11-1-4-13(5-2-11)23-9-10(7-16(23)24)17(25)20-12-3-6-14-15(8-12)22-18(26)21-14/h1-6,8,10H,7,9H2,(H,20,25)(H2,21,22,26). The van der Waals surface area contributed by atoms with Gasteiger partial charge in [0.15, 0.2) is 0 Å². The van der Waals surface area contributed by atoms with Crippen LogP contribution in [-0.2, 0) is 9.59 Å². The lowest BCUT2D eigenvalue weighted by molar-refractivity contribution is -0.122. The molecule has 0 radical (unpaired) electrons. The lowest BCUT2D eigenvalue weighted by Crippen LogP contribution is -2.28. The van der Waals surface area contributed by atoms with Crippen LogP contribution in [0.5, 0.6) is 0 Å². The molecule has 1 aliphatic heterocycles. The van der Waals surface area contributed by atoms with E-state index in [0.717, 1.165) is 10.2 Å². The van der Waals surface area contributed by atoms with Crippen LogP contribution in [0.2, 0.25) is 0 Å². The summed E-state index contributed by atoms with van der Waals surface area (Å²) in [5.74, 6) is -0.708. The zero-order chi connectivity index (χ0) is 18.3. The van der Waals surface area contributed by atoms with Gasteiger partial charge in [-0.25, -0.2) is 4.79 Å². The molecular formula is C18H15BrN4O3. The second-order valence-corrected chi connectivity index (χ2v) is 7.13. The molecule has 1 aliphatic rings. The van der Waals surface area contributed by atoms with Crippen LogP contribution in [0.4, 0.5) is 11.4 Å². The fraction of sp³-hybridized carbons (Fsp3) is 0.167. The Kier molecular flexibility index (Phi) is 4.12. The van der Waals surface area contributed by atoms with E-state index < -0.39 is 5.92 Å². The van der Waals surface area contributed by atoms with Crippen molar-refractivity contribution >= 4 is 50.2 Å². The van der Waals surface area contributed by atoms with E-state index in [1.807, 2.05) is 24.3 Å². The zero-order valence-corrected chi connectivity index (χ0v) is 15.2. The summed E-state index contributed by atoms with van der Waals surface area (Å²) in [7, 11) is 0. The van der Waals surface area contributed by atoms with E-state index in [1.54, 1.807) is 23.1 Å². The van der Waals surface area contributed by atoms with Gasteiger partial charge in [-0.05, 0) is 42.5 Å². The Hall–Kier alpha value is -2.87. The van der Waals surface area contributed by atoms with E-state index in [0.29, 0.717) is 23.3 Å². The highest BCUT2D eigenvalue weighted by molar-refractivity contribution is 9.10. The molecule has 7 nitrogen and oxygen atoms in total. The number of halogens is 1. The van der Waals surface area contributed by atoms with Crippen molar-refractivity contribution in [1.82, 2.24) is 9.97 Å². The number of nitrogens with zero attached hydrogens (tertiary/aromatic N) is 1. The number of amides is 2. The van der Waals surface area contributed by atoms with Gasteiger partial charge in [0, 0.05) is 28.8 Å². The molecule has 0 aliphatic carbocycles. The predicted molar refractivity (Wildman–Crippen MR) is 102 cm³/mol. The molecule has 2 amide bonds. The van der Waals surface area contributed by atoms with Crippen LogP contribution in [0.15, 0.2) is 51.7 Å². The normalized spacial score (nSPS) is 17.0. The summed E-state index contributed by atoms with van der Waals surface area (Å²) < 4.78 is 0.931. The molecule has 3 N–H and O–H groups in total. The van der Waals surface area contributed by atoms with E-state index >= 15 is 0 Å². The zero-order valence-electron chi connectivity index (χ0n) is 13.6. The van der Waals surface area contributed by atoms with Crippen LogP contribution < -0.4 is 15.9 Å². The summed E-state index contributed by atoms with van der Waals surface area (Å²) in [5.41, 5.74) is 2.35. The third-order valence-electron chi connectivity index (χ3n) is 4.42. The van der Waals surface area contributed by atoms with Gasteiger partial charge >= 0.3 is 5.69 Å². The van der Waals surface area contributed by atoms with Crippen molar-refractivity contribution in [2.75, 3.05) is 16.8 Å². The minimum atomic E-state index is -0.424. The summed E-state index contributed by atoms with van der Waals surface area (Å²) in [6.07, 6.45) is 0.172. The third-order valence-corrected chi connectivity index (χ3v) is 4.95. The van der Waals surface area contributed by atoms with E-state index in [1.165, 1.54) is 0 Å². The monoisotopic (exact) mass is 414 g/mol. The number of imidazole rings is 1. The summed E-state index contributed by atoms with van der Waals surface area (Å²) in [6.45, 7) is 0.343. The number of anilines is 2. The van der Waals surface area contributed by atoms with Gasteiger partial charge in [-0.1, -0.05) is 15.9 Å². The smallest absolute Gasteiger partial charge is 0.323 e. The summed E-state index contributed by atoms with van der Waals surface area (Å²) in [5, 5.41) is 2.83. The number of H-pyrrole nitrogens is 2. The van der Waals surface area contributed by atoms with Crippen LogP contribution in [0, 0.1) is 5.92 Å². The molecular weight excluding hydrogens is 400 g/mol. The molecule has 1 unspecified atom stereocenters. The number of aromatic nitrogens is 2. The molecule has 3 aromatic rings. The summed E-state index contributed by atoms with van der Waals surface area (Å²) in [4.78, 5) is 43.1. The van der Waals surface area contributed by atoms with E-state index in [4.69, 9.17) is 0 Å². The number of aromatic amines is 2. The summed E-state index contributed by atoms with van der Waals surface area (Å²) in [6, 6.07) is 12.5. The first kappa shape index (κ1) is 16.6. The van der Waals surface area contributed by atoms with Crippen LogP contribution >= 0.6 is 15.9 Å². The molecule has 1 atom stereocenters. The molecule has 1 saturated heterocycles. The Labute approximate surface area is 156 Å². The molecule has 0 saturated carbocycles. The maximum Gasteiger partial charge on any atom is 0.323 e. The number of hydrogen-bond donors (Lipinski definition) is 3. The Morgan fingerprint density at radius 2 is 1.81 bits per heavy atom. The van der Waals surface area contributed by atoms with Gasteiger partial charge in [-0.2, -0.15) is 0 Å². The molecule has 1 fully saturated rings. The van der Waals surface area contributed by atoms with Crippen molar-refractivity contribution in [3.63, 3.8) is 0 Å². The summed E-state index contributed by atoms with van der Waals surface area (Å²) >= 11 is 3.37. The molecule has 26 heavy (non-hydrogen) atoms. The molecule has 2 aromatic carbocycles. The van der Waals surface area contributed by atoms with Gasteiger partial charge < -0.3 is 20.2 Å². The number of nitrogens with one attached hydrogen (secondary N) is 3. The molecule has 2 heterocycles. The average Bonchev–Trinajstić information content (AvgIpc) is 3.17. The molecule has 0 spiro atoms. The highest BCUT2D eigenvalue weighted by Crippen LogP contribution is 2.27. The van der Waals surface area contributed by atoms with Crippen molar-refractivity contribution < 1.29 is 9.59 Å². The van der Waals surface area contributed by atoms with Gasteiger partial charge in [-0.3, -0.25) is 9.59 Å². The van der Waals surface area contributed by atoms with Gasteiger partial charge in [0.2, 0.25) is 11.8 Å². The van der Waals surface area contributed by atoms with Crippen LogP contribution in [-0.4, -0.2) is 28.3 Å². The van der Waals surface area contributed by atoms with Crippen LogP contribution in [0.25, 0.3) is 11.0 Å². The van der Waals surface area contributed by atoms with Crippen molar-refractivity contribution in [3.8, 4) is 0 Å². The maximum absolute atomic E-state index is 12.6. The highest BCUT2D eigenvalue weighted by Gasteiger charge is 2.35.